The largest absolute Gasteiger partial charge is 0.364 e. The van der Waals surface area contributed by atoms with Crippen molar-refractivity contribution in [1.82, 2.24) is 9.80 Å². The maximum absolute atomic E-state index is 12.0. The van der Waals surface area contributed by atoms with E-state index < -0.39 is 0 Å². The average Bonchev–Trinajstić information content (AvgIpc) is 2.41. The van der Waals surface area contributed by atoms with Crippen molar-refractivity contribution in [1.29, 1.82) is 0 Å². The summed E-state index contributed by atoms with van der Waals surface area (Å²) in [6.45, 7) is 8.20. The Balaban J connectivity index is 2.40. The minimum atomic E-state index is -0.331. The number of hydrogen-bond acceptors (Lipinski definition) is 4. The van der Waals surface area contributed by atoms with Crippen LogP contribution in [-0.2, 0) is 9.53 Å². The average molecular weight is 257 g/mol. The lowest BCUT2D eigenvalue weighted by atomic mass is 9.97. The van der Waals surface area contributed by atoms with Crippen molar-refractivity contribution in [3.63, 3.8) is 0 Å². The summed E-state index contributed by atoms with van der Waals surface area (Å²) in [6, 6.07) is 0. The van der Waals surface area contributed by atoms with Crippen molar-refractivity contribution in [2.45, 2.75) is 32.3 Å². The normalized spacial score (nSPS) is 18.1. The minimum Gasteiger partial charge on any atom is -0.364 e. The number of likely N-dealkylation sites (N-methyl/N-ethyl adjacent to an activating group) is 1. The first-order valence-electron chi connectivity index (χ1n) is 6.87. The van der Waals surface area contributed by atoms with E-state index in [2.05, 4.69) is 25.8 Å². The predicted molar refractivity (Wildman–Crippen MR) is 72.4 cm³/mol. The molecule has 2 N–H and O–H groups in total. The SMILES string of the molecule is CCC(CC)(CN)OCC(=O)N1CCN(C)CC1. The number of nitrogens with zero attached hydrogens (tertiary/aromatic N) is 2. The second-order valence-corrected chi connectivity index (χ2v) is 5.07. The van der Waals surface area contributed by atoms with Gasteiger partial charge in [-0.25, -0.2) is 0 Å². The topological polar surface area (TPSA) is 58.8 Å². The number of amides is 1. The van der Waals surface area contributed by atoms with Gasteiger partial charge in [-0.05, 0) is 19.9 Å². The molecule has 1 rings (SSSR count). The van der Waals surface area contributed by atoms with Crippen molar-refractivity contribution < 1.29 is 9.53 Å². The third-order valence-electron chi connectivity index (χ3n) is 4.02. The van der Waals surface area contributed by atoms with Crippen LogP contribution in [0.4, 0.5) is 0 Å². The molecule has 1 aliphatic rings. The Kier molecular flexibility index (Phi) is 6.05. The molecule has 1 heterocycles. The molecule has 18 heavy (non-hydrogen) atoms. The molecule has 0 aromatic carbocycles. The molecule has 0 unspecified atom stereocenters. The number of nitrogens with two attached hydrogens (primary N) is 1. The second-order valence-electron chi connectivity index (χ2n) is 5.07. The molecule has 0 aliphatic carbocycles. The summed E-state index contributed by atoms with van der Waals surface area (Å²) in [5.41, 5.74) is 5.42. The first kappa shape index (κ1) is 15.4. The van der Waals surface area contributed by atoms with Gasteiger partial charge in [0, 0.05) is 32.7 Å². The van der Waals surface area contributed by atoms with E-state index in [1.807, 2.05) is 4.90 Å². The Labute approximate surface area is 110 Å². The molecular formula is C13H27N3O2. The molecule has 0 atom stereocenters. The zero-order valence-electron chi connectivity index (χ0n) is 11.9. The van der Waals surface area contributed by atoms with Crippen LogP contribution in [0.25, 0.3) is 0 Å². The highest BCUT2D eigenvalue weighted by molar-refractivity contribution is 5.77. The van der Waals surface area contributed by atoms with E-state index in [0.717, 1.165) is 39.0 Å². The molecule has 1 amide bonds. The van der Waals surface area contributed by atoms with Crippen LogP contribution in [0.15, 0.2) is 0 Å². The molecule has 106 valence electrons. The van der Waals surface area contributed by atoms with Crippen LogP contribution in [0.5, 0.6) is 0 Å². The van der Waals surface area contributed by atoms with Gasteiger partial charge in [-0.1, -0.05) is 13.8 Å². The van der Waals surface area contributed by atoms with E-state index in [-0.39, 0.29) is 18.1 Å². The van der Waals surface area contributed by atoms with Crippen LogP contribution in [-0.4, -0.2) is 67.7 Å². The van der Waals surface area contributed by atoms with Crippen LogP contribution in [0, 0.1) is 0 Å². The van der Waals surface area contributed by atoms with Crippen molar-refractivity contribution in [3.05, 3.63) is 0 Å². The fraction of sp³-hybridized carbons (Fsp3) is 0.923. The Hall–Kier alpha value is -0.650. The fourth-order valence-corrected chi connectivity index (χ4v) is 2.16. The molecule has 1 saturated heterocycles. The number of rotatable bonds is 6. The van der Waals surface area contributed by atoms with E-state index in [9.17, 15) is 4.79 Å². The van der Waals surface area contributed by atoms with Crippen molar-refractivity contribution in [2.75, 3.05) is 46.4 Å². The Morgan fingerprint density at radius 2 is 1.78 bits per heavy atom. The number of hydrogen-bond donors (Lipinski definition) is 1. The quantitative estimate of drug-likeness (QED) is 0.743. The molecule has 1 fully saturated rings. The summed E-state index contributed by atoms with van der Waals surface area (Å²) < 4.78 is 5.79. The second kappa shape index (κ2) is 7.07. The number of ether oxygens (including phenoxy) is 1. The number of carbonyl (C=O) groups excluding carboxylic acids is 1. The lowest BCUT2D eigenvalue weighted by molar-refractivity contribution is -0.145. The van der Waals surface area contributed by atoms with Gasteiger partial charge < -0.3 is 20.3 Å². The van der Waals surface area contributed by atoms with Crippen LogP contribution in [0.1, 0.15) is 26.7 Å². The number of piperazine rings is 1. The van der Waals surface area contributed by atoms with Gasteiger partial charge in [0.15, 0.2) is 0 Å². The summed E-state index contributed by atoms with van der Waals surface area (Å²) in [6.07, 6.45) is 1.69. The molecule has 0 radical (unpaired) electrons. The monoisotopic (exact) mass is 257 g/mol. The van der Waals surface area contributed by atoms with Gasteiger partial charge in [0.1, 0.15) is 6.61 Å². The van der Waals surface area contributed by atoms with Crippen molar-refractivity contribution in [3.8, 4) is 0 Å². The van der Waals surface area contributed by atoms with E-state index in [1.54, 1.807) is 0 Å². The summed E-state index contributed by atoms with van der Waals surface area (Å²) >= 11 is 0. The zero-order chi connectivity index (χ0) is 13.6. The highest BCUT2D eigenvalue weighted by atomic mass is 16.5. The lowest BCUT2D eigenvalue weighted by Crippen LogP contribution is -2.49. The molecule has 5 heteroatoms. The summed E-state index contributed by atoms with van der Waals surface area (Å²) in [5, 5.41) is 0. The minimum absolute atomic E-state index is 0.0859. The Morgan fingerprint density at radius 3 is 2.22 bits per heavy atom. The highest BCUT2D eigenvalue weighted by Gasteiger charge is 2.27. The van der Waals surface area contributed by atoms with E-state index in [4.69, 9.17) is 10.5 Å². The standard InChI is InChI=1S/C13H27N3O2/c1-4-13(5-2,11-14)18-10-12(17)16-8-6-15(3)7-9-16/h4-11,14H2,1-3H3. The maximum Gasteiger partial charge on any atom is 0.248 e. The zero-order valence-corrected chi connectivity index (χ0v) is 11.9. The Bertz CT molecular complexity index is 251. The molecule has 5 nitrogen and oxygen atoms in total. The summed E-state index contributed by atoms with van der Waals surface area (Å²) in [7, 11) is 2.08. The van der Waals surface area contributed by atoms with Gasteiger partial charge in [-0.3, -0.25) is 4.79 Å². The van der Waals surface area contributed by atoms with Gasteiger partial charge >= 0.3 is 0 Å². The van der Waals surface area contributed by atoms with E-state index >= 15 is 0 Å². The third-order valence-corrected chi connectivity index (χ3v) is 4.02. The lowest BCUT2D eigenvalue weighted by Gasteiger charge is -2.34. The van der Waals surface area contributed by atoms with Crippen LogP contribution in [0.2, 0.25) is 0 Å². The van der Waals surface area contributed by atoms with Crippen LogP contribution >= 0.6 is 0 Å². The van der Waals surface area contributed by atoms with Gasteiger partial charge in [-0.15, -0.1) is 0 Å². The molecule has 1 aliphatic heterocycles. The summed E-state index contributed by atoms with van der Waals surface area (Å²) in [4.78, 5) is 16.2. The van der Waals surface area contributed by atoms with Crippen molar-refractivity contribution >= 4 is 5.91 Å². The van der Waals surface area contributed by atoms with E-state index in [0.29, 0.717) is 6.54 Å². The highest BCUT2D eigenvalue weighted by Crippen LogP contribution is 2.19. The van der Waals surface area contributed by atoms with E-state index in [1.165, 1.54) is 0 Å². The Morgan fingerprint density at radius 1 is 1.22 bits per heavy atom. The molecule has 0 bridgehead atoms. The molecule has 0 saturated carbocycles. The van der Waals surface area contributed by atoms with Crippen LogP contribution in [0.3, 0.4) is 0 Å². The molecule has 0 spiro atoms. The van der Waals surface area contributed by atoms with Gasteiger partial charge in [0.25, 0.3) is 0 Å². The first-order valence-corrected chi connectivity index (χ1v) is 6.87. The maximum atomic E-state index is 12.0. The van der Waals surface area contributed by atoms with Gasteiger partial charge in [-0.2, -0.15) is 0 Å². The smallest absolute Gasteiger partial charge is 0.248 e. The molecule has 0 aromatic heterocycles. The predicted octanol–water partition coefficient (Wildman–Crippen LogP) is 0.295. The molecular weight excluding hydrogens is 230 g/mol. The third kappa shape index (κ3) is 3.93. The fourth-order valence-electron chi connectivity index (χ4n) is 2.16. The van der Waals surface area contributed by atoms with Gasteiger partial charge in [0.05, 0.1) is 5.60 Å². The first-order chi connectivity index (χ1) is 8.56. The molecule has 0 aromatic rings. The summed E-state index contributed by atoms with van der Waals surface area (Å²) in [5.74, 6) is 0.0859. The van der Waals surface area contributed by atoms with Gasteiger partial charge in [0.2, 0.25) is 5.91 Å². The number of carbonyl (C=O) groups is 1. The van der Waals surface area contributed by atoms with Crippen LogP contribution < -0.4 is 5.73 Å². The van der Waals surface area contributed by atoms with Crippen molar-refractivity contribution in [2.24, 2.45) is 5.73 Å².